The number of hydrogen-bond donors (Lipinski definition) is 0. The van der Waals surface area contributed by atoms with Crippen LogP contribution in [0.3, 0.4) is 0 Å². The van der Waals surface area contributed by atoms with Crippen LogP contribution in [0.4, 0.5) is 0 Å². The number of carbonyl (C=O) groups is 1. The number of halogens is 1. The molecule has 0 aliphatic carbocycles. The molecular weight excluding hydrogens is 396 g/mol. The molecule has 1 heterocycles. The highest BCUT2D eigenvalue weighted by molar-refractivity contribution is 9.10. The molecule has 0 aliphatic rings. The maximum Gasteiger partial charge on any atom is 0.255 e. The summed E-state index contributed by atoms with van der Waals surface area (Å²) in [6.45, 7) is 2.00. The number of benzene rings is 2. The van der Waals surface area contributed by atoms with Crippen LogP contribution in [0, 0.1) is 0 Å². The summed E-state index contributed by atoms with van der Waals surface area (Å²) in [5.41, 5.74) is 2.52. The molecule has 0 saturated carbocycles. The zero-order chi connectivity index (χ0) is 18.7. The van der Waals surface area contributed by atoms with Gasteiger partial charge in [0, 0.05) is 11.5 Å². The molecule has 0 unspecified atom stereocenters. The highest BCUT2D eigenvalue weighted by Crippen LogP contribution is 2.27. The minimum Gasteiger partial charge on any atom is -0.497 e. The van der Waals surface area contributed by atoms with Gasteiger partial charge < -0.3 is 9.64 Å². The normalized spacial score (nSPS) is 11.8. The van der Waals surface area contributed by atoms with Crippen LogP contribution in [-0.4, -0.2) is 39.7 Å². The molecule has 0 radical (unpaired) electrons. The highest BCUT2D eigenvalue weighted by Gasteiger charge is 2.21. The van der Waals surface area contributed by atoms with Gasteiger partial charge in [0.25, 0.3) is 5.91 Å². The van der Waals surface area contributed by atoms with Crippen molar-refractivity contribution in [3.63, 3.8) is 0 Å². The van der Waals surface area contributed by atoms with Crippen LogP contribution in [0.5, 0.6) is 5.75 Å². The molecule has 1 aromatic heterocycles. The van der Waals surface area contributed by atoms with Gasteiger partial charge in [-0.15, -0.1) is 0 Å². The Morgan fingerprint density at radius 1 is 1.23 bits per heavy atom. The Kier molecular flexibility index (Phi) is 5.37. The van der Waals surface area contributed by atoms with Crippen molar-refractivity contribution >= 4 is 21.8 Å². The first-order valence-electron chi connectivity index (χ1n) is 8.07. The molecule has 26 heavy (non-hydrogen) atoms. The quantitative estimate of drug-likeness (QED) is 0.635. The Morgan fingerprint density at radius 2 is 1.96 bits per heavy atom. The van der Waals surface area contributed by atoms with E-state index in [4.69, 9.17) is 4.74 Å². The maximum atomic E-state index is 12.9. The van der Waals surface area contributed by atoms with Gasteiger partial charge in [0.05, 0.1) is 24.4 Å². The molecule has 134 valence electrons. The van der Waals surface area contributed by atoms with Crippen molar-refractivity contribution in [2.45, 2.75) is 13.0 Å². The van der Waals surface area contributed by atoms with E-state index in [2.05, 4.69) is 26.0 Å². The van der Waals surface area contributed by atoms with Gasteiger partial charge in [-0.1, -0.05) is 12.1 Å². The summed E-state index contributed by atoms with van der Waals surface area (Å²) in [5, 5.41) is 4.11. The van der Waals surface area contributed by atoms with Gasteiger partial charge in [-0.25, -0.2) is 9.67 Å². The minimum absolute atomic E-state index is 0.0800. The van der Waals surface area contributed by atoms with Crippen molar-refractivity contribution < 1.29 is 9.53 Å². The number of ether oxygens (including phenoxy) is 1. The van der Waals surface area contributed by atoms with E-state index in [9.17, 15) is 4.79 Å². The van der Waals surface area contributed by atoms with Crippen molar-refractivity contribution in [2.24, 2.45) is 0 Å². The van der Waals surface area contributed by atoms with Gasteiger partial charge >= 0.3 is 0 Å². The first-order valence-corrected chi connectivity index (χ1v) is 8.86. The molecule has 0 aliphatic heterocycles. The second-order valence-electron chi connectivity index (χ2n) is 5.87. The van der Waals surface area contributed by atoms with Crippen molar-refractivity contribution in [3.05, 3.63) is 70.7 Å². The molecule has 0 saturated heterocycles. The van der Waals surface area contributed by atoms with Crippen LogP contribution in [0.15, 0.2) is 59.6 Å². The average molecular weight is 415 g/mol. The Balaban J connectivity index is 1.81. The van der Waals surface area contributed by atoms with Gasteiger partial charge in [-0.2, -0.15) is 5.10 Å². The number of methoxy groups -OCH3 is 1. The third kappa shape index (κ3) is 3.62. The fourth-order valence-electron chi connectivity index (χ4n) is 2.63. The number of hydrogen-bond acceptors (Lipinski definition) is 4. The van der Waals surface area contributed by atoms with Gasteiger partial charge in [-0.05, 0) is 58.7 Å². The van der Waals surface area contributed by atoms with Gasteiger partial charge in [0.15, 0.2) is 0 Å². The molecule has 0 bridgehead atoms. The lowest BCUT2D eigenvalue weighted by atomic mass is 10.1. The number of carbonyl (C=O) groups excluding carboxylic acids is 1. The number of aromatic nitrogens is 3. The lowest BCUT2D eigenvalue weighted by molar-refractivity contribution is 0.0741. The zero-order valence-electron chi connectivity index (χ0n) is 14.8. The second-order valence-corrected chi connectivity index (χ2v) is 6.72. The molecule has 1 atom stereocenters. The zero-order valence-corrected chi connectivity index (χ0v) is 16.3. The summed E-state index contributed by atoms with van der Waals surface area (Å²) in [7, 11) is 3.38. The van der Waals surface area contributed by atoms with Crippen molar-refractivity contribution in [2.75, 3.05) is 14.2 Å². The Morgan fingerprint density at radius 3 is 2.58 bits per heavy atom. The van der Waals surface area contributed by atoms with Crippen LogP contribution < -0.4 is 4.74 Å². The highest BCUT2D eigenvalue weighted by atomic mass is 79.9. The summed E-state index contributed by atoms with van der Waals surface area (Å²) in [4.78, 5) is 18.6. The van der Waals surface area contributed by atoms with Crippen LogP contribution in [0.2, 0.25) is 0 Å². The summed E-state index contributed by atoms with van der Waals surface area (Å²) < 4.78 is 7.66. The first kappa shape index (κ1) is 18.1. The first-order chi connectivity index (χ1) is 12.5. The standard InChI is InChI=1S/C19H19BrN4O2/c1-13(14-4-6-15(7-5-14)24-12-21-11-22-24)23(2)19(25)17-10-16(26-3)8-9-18(17)20/h4-13H,1-3H3/t13-/m0/s1. The molecule has 0 fully saturated rings. The lowest BCUT2D eigenvalue weighted by Crippen LogP contribution is -2.30. The smallest absolute Gasteiger partial charge is 0.255 e. The Bertz CT molecular complexity index is 894. The van der Waals surface area contributed by atoms with Crippen LogP contribution >= 0.6 is 15.9 Å². The van der Waals surface area contributed by atoms with Crippen molar-refractivity contribution in [3.8, 4) is 11.4 Å². The SMILES string of the molecule is COc1ccc(Br)c(C(=O)N(C)[C@@H](C)c2ccc(-n3cncn3)cc2)c1. The molecular formula is C19H19BrN4O2. The maximum absolute atomic E-state index is 12.9. The number of nitrogens with zero attached hydrogens (tertiary/aromatic N) is 4. The summed E-state index contributed by atoms with van der Waals surface area (Å²) in [5.74, 6) is 0.568. The largest absolute Gasteiger partial charge is 0.497 e. The van der Waals surface area contributed by atoms with Crippen LogP contribution in [-0.2, 0) is 0 Å². The number of rotatable bonds is 5. The predicted molar refractivity (Wildman–Crippen MR) is 103 cm³/mol. The molecule has 0 N–H and O–H groups in total. The Hall–Kier alpha value is -2.67. The molecule has 0 spiro atoms. The Labute approximate surface area is 160 Å². The van der Waals surface area contributed by atoms with E-state index in [0.29, 0.717) is 11.3 Å². The average Bonchev–Trinajstić information content (AvgIpc) is 3.21. The second kappa shape index (κ2) is 7.70. The van der Waals surface area contributed by atoms with Crippen LogP contribution in [0.1, 0.15) is 28.9 Å². The monoisotopic (exact) mass is 414 g/mol. The fraction of sp³-hybridized carbons (Fsp3) is 0.211. The number of amides is 1. The predicted octanol–water partition coefficient (Wildman–Crippen LogP) is 3.87. The molecule has 1 amide bonds. The lowest BCUT2D eigenvalue weighted by Gasteiger charge is -2.26. The topological polar surface area (TPSA) is 60.2 Å². The van der Waals surface area contributed by atoms with Gasteiger partial charge in [0.1, 0.15) is 18.4 Å². The van der Waals surface area contributed by atoms with Gasteiger partial charge in [0.2, 0.25) is 0 Å². The van der Waals surface area contributed by atoms with E-state index in [-0.39, 0.29) is 11.9 Å². The van der Waals surface area contributed by atoms with E-state index in [0.717, 1.165) is 15.7 Å². The van der Waals surface area contributed by atoms with E-state index >= 15 is 0 Å². The molecule has 3 aromatic rings. The molecule has 3 rings (SSSR count). The molecule has 2 aromatic carbocycles. The third-order valence-corrected chi connectivity index (χ3v) is 5.06. The summed E-state index contributed by atoms with van der Waals surface area (Å²) in [6, 6.07) is 13.2. The summed E-state index contributed by atoms with van der Waals surface area (Å²) >= 11 is 3.45. The van der Waals surface area contributed by atoms with E-state index < -0.39 is 0 Å². The van der Waals surface area contributed by atoms with E-state index in [1.165, 1.54) is 6.33 Å². The molecule has 7 heteroatoms. The third-order valence-electron chi connectivity index (χ3n) is 4.36. The van der Waals surface area contributed by atoms with E-state index in [1.807, 2.05) is 43.3 Å². The van der Waals surface area contributed by atoms with Crippen molar-refractivity contribution in [1.29, 1.82) is 0 Å². The van der Waals surface area contributed by atoms with E-state index in [1.54, 1.807) is 36.1 Å². The van der Waals surface area contributed by atoms with Crippen molar-refractivity contribution in [1.82, 2.24) is 19.7 Å². The fourth-order valence-corrected chi connectivity index (χ4v) is 3.05. The molecule has 6 nitrogen and oxygen atoms in total. The van der Waals surface area contributed by atoms with Gasteiger partial charge in [-0.3, -0.25) is 4.79 Å². The summed E-state index contributed by atoms with van der Waals surface area (Å²) in [6.07, 6.45) is 3.14. The van der Waals surface area contributed by atoms with Crippen LogP contribution in [0.25, 0.3) is 5.69 Å². The minimum atomic E-state index is -0.0922.